The lowest BCUT2D eigenvalue weighted by Crippen LogP contribution is -2.53. The summed E-state index contributed by atoms with van der Waals surface area (Å²) in [7, 11) is 0.290. The fourth-order valence-corrected chi connectivity index (χ4v) is 4.45. The van der Waals surface area contributed by atoms with Crippen LogP contribution in [0.25, 0.3) is 0 Å². The molecule has 0 atom stereocenters. The number of hydrogen-bond donors (Lipinski definition) is 2. The highest BCUT2D eigenvalue weighted by atomic mass is 32.2. The zero-order valence-corrected chi connectivity index (χ0v) is 16.0. The Kier molecular flexibility index (Phi) is 5.88. The fourth-order valence-electron chi connectivity index (χ4n) is 2.89. The summed E-state index contributed by atoms with van der Waals surface area (Å²) in [6.07, 6.45) is -0.611. The first-order chi connectivity index (χ1) is 11.5. The van der Waals surface area contributed by atoms with Crippen molar-refractivity contribution in [2.45, 2.75) is 24.8 Å². The number of benzene rings is 1. The van der Waals surface area contributed by atoms with Gasteiger partial charge in [0.15, 0.2) is 0 Å². The second kappa shape index (κ2) is 7.41. The van der Waals surface area contributed by atoms with Crippen molar-refractivity contribution in [2.24, 2.45) is 5.41 Å². The predicted molar refractivity (Wildman–Crippen MR) is 95.9 cm³/mol. The van der Waals surface area contributed by atoms with Crippen LogP contribution in [0.15, 0.2) is 29.2 Å². The molecule has 1 aromatic carbocycles. The lowest BCUT2D eigenvalue weighted by Gasteiger charge is -2.34. The molecule has 0 bridgehead atoms. The van der Waals surface area contributed by atoms with Crippen LogP contribution in [0.1, 0.15) is 24.2 Å². The minimum atomic E-state index is -3.66. The molecule has 7 nitrogen and oxygen atoms in total. The second-order valence-electron chi connectivity index (χ2n) is 7.59. The topological polar surface area (TPSA) is 90.0 Å². The number of amides is 1. The molecule has 2 rings (SSSR count). The van der Waals surface area contributed by atoms with Crippen molar-refractivity contribution in [1.29, 1.82) is 0 Å². The van der Waals surface area contributed by atoms with Crippen molar-refractivity contribution in [3.05, 3.63) is 29.8 Å². The van der Waals surface area contributed by atoms with Gasteiger partial charge in [-0.25, -0.2) is 8.42 Å². The summed E-state index contributed by atoms with van der Waals surface area (Å²) < 4.78 is 26.1. The van der Waals surface area contributed by atoms with Gasteiger partial charge in [-0.2, -0.15) is 4.31 Å². The molecule has 1 aliphatic rings. The van der Waals surface area contributed by atoms with Gasteiger partial charge in [0.25, 0.3) is 5.91 Å². The van der Waals surface area contributed by atoms with Crippen LogP contribution < -0.4 is 5.32 Å². The maximum absolute atomic E-state index is 12.5. The van der Waals surface area contributed by atoms with E-state index in [1.54, 1.807) is 12.1 Å². The second-order valence-corrected chi connectivity index (χ2v) is 9.53. The number of sulfonamides is 1. The molecule has 1 heterocycles. The Hall–Kier alpha value is -1.48. The first-order valence-corrected chi connectivity index (χ1v) is 9.66. The highest BCUT2D eigenvalue weighted by Gasteiger charge is 2.35. The van der Waals surface area contributed by atoms with Crippen molar-refractivity contribution >= 4 is 15.9 Å². The Labute approximate surface area is 149 Å². The zero-order chi connectivity index (χ0) is 18.8. The maximum Gasteiger partial charge on any atom is 0.251 e. The maximum atomic E-state index is 12.5. The molecule has 1 saturated heterocycles. The van der Waals surface area contributed by atoms with Gasteiger partial charge in [0, 0.05) is 31.7 Å². The van der Waals surface area contributed by atoms with Crippen LogP contribution >= 0.6 is 0 Å². The van der Waals surface area contributed by atoms with E-state index in [1.807, 2.05) is 14.1 Å². The Balaban J connectivity index is 2.07. The number of β-amino-alcohol motifs (C(OH)–C–C–N with tert-alkyl or cyclic N) is 1. The minimum Gasteiger partial charge on any atom is -0.390 e. The van der Waals surface area contributed by atoms with Crippen molar-refractivity contribution in [1.82, 2.24) is 14.5 Å². The Bertz CT molecular complexity index is 725. The molecule has 25 heavy (non-hydrogen) atoms. The van der Waals surface area contributed by atoms with Crippen LogP contribution in [0.4, 0.5) is 0 Å². The number of aliphatic hydroxyl groups excluding tert-OH is 1. The summed E-state index contributed by atoms with van der Waals surface area (Å²) >= 11 is 0. The minimum absolute atomic E-state index is 0.0691. The molecule has 0 aliphatic carbocycles. The Morgan fingerprint density at radius 2 is 2.00 bits per heavy atom. The van der Waals surface area contributed by atoms with Crippen LogP contribution in [0.3, 0.4) is 0 Å². The first-order valence-electron chi connectivity index (χ1n) is 8.22. The molecule has 2 N–H and O–H groups in total. The number of nitrogens with zero attached hydrogens (tertiary/aromatic N) is 2. The van der Waals surface area contributed by atoms with E-state index in [9.17, 15) is 18.3 Å². The van der Waals surface area contributed by atoms with Crippen LogP contribution in [0.2, 0.25) is 0 Å². The third kappa shape index (κ3) is 5.01. The molecule has 140 valence electrons. The molecule has 0 saturated carbocycles. The Morgan fingerprint density at radius 3 is 2.56 bits per heavy atom. The largest absolute Gasteiger partial charge is 0.390 e. The van der Waals surface area contributed by atoms with Gasteiger partial charge in [-0.15, -0.1) is 0 Å². The van der Waals surface area contributed by atoms with Crippen LogP contribution in [-0.4, -0.2) is 75.0 Å². The standard InChI is InChI=1S/C17H27N3O4S/c1-17(2,12-19(3)4)11-18-16(22)13-6-5-7-15(8-13)25(23,24)20-9-14(21)10-20/h5-8,14,21H,9-12H2,1-4H3,(H,18,22). The number of nitrogens with one attached hydrogen (secondary N) is 1. The molecule has 1 aliphatic heterocycles. The van der Waals surface area contributed by atoms with Gasteiger partial charge in [-0.3, -0.25) is 4.79 Å². The third-order valence-corrected chi connectivity index (χ3v) is 5.86. The Morgan fingerprint density at radius 1 is 1.36 bits per heavy atom. The molecular formula is C17H27N3O4S. The predicted octanol–water partition coefficient (Wildman–Crippen LogP) is 0.369. The van der Waals surface area contributed by atoms with E-state index < -0.39 is 16.1 Å². The number of carbonyl (C=O) groups excluding carboxylic acids is 1. The monoisotopic (exact) mass is 369 g/mol. The average molecular weight is 369 g/mol. The molecule has 8 heteroatoms. The van der Waals surface area contributed by atoms with E-state index in [-0.39, 0.29) is 29.3 Å². The van der Waals surface area contributed by atoms with Crippen molar-refractivity contribution < 1.29 is 18.3 Å². The molecular weight excluding hydrogens is 342 g/mol. The highest BCUT2D eigenvalue weighted by molar-refractivity contribution is 7.89. The van der Waals surface area contributed by atoms with E-state index >= 15 is 0 Å². The first kappa shape index (κ1) is 19.8. The quantitative estimate of drug-likeness (QED) is 0.725. The molecule has 0 unspecified atom stereocenters. The summed E-state index contributed by atoms with van der Waals surface area (Å²) in [5.41, 5.74) is 0.208. The van der Waals surface area contributed by atoms with Crippen molar-refractivity contribution in [3.63, 3.8) is 0 Å². The number of aliphatic hydroxyl groups is 1. The van der Waals surface area contributed by atoms with Gasteiger partial charge in [-0.1, -0.05) is 19.9 Å². The SMILES string of the molecule is CN(C)CC(C)(C)CNC(=O)c1cccc(S(=O)(=O)N2CC(O)C2)c1. The van der Waals surface area contributed by atoms with Crippen molar-refractivity contribution in [2.75, 3.05) is 40.3 Å². The molecule has 1 amide bonds. The molecule has 0 radical (unpaired) electrons. The van der Waals surface area contributed by atoms with Gasteiger partial charge in [0.1, 0.15) is 0 Å². The summed E-state index contributed by atoms with van der Waals surface area (Å²) in [5, 5.41) is 12.2. The van der Waals surface area contributed by atoms with Crippen molar-refractivity contribution in [3.8, 4) is 0 Å². The normalized spacial score (nSPS) is 16.7. The van der Waals surface area contributed by atoms with Gasteiger partial charge in [0.2, 0.25) is 10.0 Å². The van der Waals surface area contributed by atoms with Crippen LogP contribution in [0.5, 0.6) is 0 Å². The highest BCUT2D eigenvalue weighted by Crippen LogP contribution is 2.22. The molecule has 1 aromatic rings. The smallest absolute Gasteiger partial charge is 0.251 e. The fraction of sp³-hybridized carbons (Fsp3) is 0.588. The summed E-state index contributed by atoms with van der Waals surface area (Å²) in [5.74, 6) is -0.299. The van der Waals surface area contributed by atoms with Crippen LogP contribution in [0, 0.1) is 5.41 Å². The number of rotatable bonds is 7. The molecule has 1 fully saturated rings. The van der Waals surface area contributed by atoms with E-state index in [0.29, 0.717) is 12.1 Å². The lowest BCUT2D eigenvalue weighted by atomic mass is 9.93. The van der Waals surface area contributed by atoms with E-state index in [4.69, 9.17) is 0 Å². The van der Waals surface area contributed by atoms with Gasteiger partial charge in [-0.05, 0) is 37.7 Å². The zero-order valence-electron chi connectivity index (χ0n) is 15.2. The molecule has 0 aromatic heterocycles. The lowest BCUT2D eigenvalue weighted by molar-refractivity contribution is 0.0547. The van der Waals surface area contributed by atoms with E-state index in [2.05, 4.69) is 24.1 Å². The summed E-state index contributed by atoms with van der Waals surface area (Å²) in [6.45, 7) is 5.61. The number of carbonyl (C=O) groups is 1. The average Bonchev–Trinajstić information content (AvgIpc) is 2.48. The van der Waals surface area contributed by atoms with Gasteiger partial charge in [0.05, 0.1) is 11.0 Å². The van der Waals surface area contributed by atoms with Crippen LogP contribution in [-0.2, 0) is 10.0 Å². The van der Waals surface area contributed by atoms with Gasteiger partial charge < -0.3 is 15.3 Å². The summed E-state index contributed by atoms with van der Waals surface area (Å²) in [6, 6.07) is 6.00. The summed E-state index contributed by atoms with van der Waals surface area (Å²) in [4.78, 5) is 14.5. The number of hydrogen-bond acceptors (Lipinski definition) is 5. The third-order valence-electron chi connectivity index (χ3n) is 4.03. The molecule has 0 spiro atoms. The van der Waals surface area contributed by atoms with Gasteiger partial charge >= 0.3 is 0 Å². The van der Waals surface area contributed by atoms with E-state index in [0.717, 1.165) is 6.54 Å². The van der Waals surface area contributed by atoms with E-state index in [1.165, 1.54) is 16.4 Å².